The summed E-state index contributed by atoms with van der Waals surface area (Å²) in [6.45, 7) is 0. The lowest BCUT2D eigenvalue weighted by atomic mass is 10.0. The maximum atomic E-state index is 13.2. The van der Waals surface area contributed by atoms with Crippen molar-refractivity contribution < 1.29 is 27.5 Å². The largest absolute Gasteiger partial charge is 0.491 e. The maximum Gasteiger partial charge on any atom is 0.491 e. The Labute approximate surface area is 223 Å². The molecule has 1 unspecified atom stereocenters. The average Bonchev–Trinajstić information content (AvgIpc) is 3.52. The van der Waals surface area contributed by atoms with Crippen molar-refractivity contribution in [2.75, 3.05) is 5.32 Å². The van der Waals surface area contributed by atoms with Crippen molar-refractivity contribution in [1.82, 2.24) is 19.6 Å². The summed E-state index contributed by atoms with van der Waals surface area (Å²) in [6, 6.07) is 14.9. The van der Waals surface area contributed by atoms with Gasteiger partial charge in [-0.1, -0.05) is 35.7 Å². The molecule has 5 rings (SSSR count). The van der Waals surface area contributed by atoms with Gasteiger partial charge in [0.25, 0.3) is 0 Å². The molecule has 2 aromatic heterocycles. The van der Waals surface area contributed by atoms with Crippen molar-refractivity contribution in [3.63, 3.8) is 0 Å². The number of anilines is 1. The Kier molecular flexibility index (Phi) is 6.91. The predicted octanol–water partition coefficient (Wildman–Crippen LogP) is 5.18. The minimum absolute atomic E-state index is 0.269. The minimum Gasteiger partial charge on any atom is -0.403 e. The molecule has 0 saturated carbocycles. The number of imidazole rings is 1. The smallest absolute Gasteiger partial charge is 0.403 e. The summed E-state index contributed by atoms with van der Waals surface area (Å²) in [5.74, 6) is 2.98. The van der Waals surface area contributed by atoms with Crippen LogP contribution >= 0.6 is 11.6 Å². The van der Waals surface area contributed by atoms with Crippen LogP contribution in [0.4, 0.5) is 23.7 Å². The van der Waals surface area contributed by atoms with Gasteiger partial charge in [0.1, 0.15) is 5.69 Å². The molecule has 0 bridgehead atoms. The molecule has 0 radical (unpaired) electrons. The van der Waals surface area contributed by atoms with Gasteiger partial charge in [-0.2, -0.15) is 18.3 Å². The molecule has 0 aliphatic carbocycles. The normalized spacial score (nSPS) is 14.9. The van der Waals surface area contributed by atoms with Crippen LogP contribution in [0.25, 0.3) is 5.65 Å². The molecule has 4 aromatic rings. The first-order valence-electron chi connectivity index (χ1n) is 11.3. The number of nitrogens with zero attached hydrogens (tertiary/aromatic N) is 5. The monoisotopic (exact) mass is 552 g/mol. The number of ether oxygens (including phenoxy) is 1. The molecule has 39 heavy (non-hydrogen) atoms. The average molecular weight is 553 g/mol. The first kappa shape index (κ1) is 25.7. The van der Waals surface area contributed by atoms with Gasteiger partial charge in [-0.15, -0.1) is 5.10 Å². The highest BCUT2D eigenvalue weighted by Crippen LogP contribution is 2.33. The lowest BCUT2D eigenvalue weighted by molar-refractivity contribution is -0.191. The van der Waals surface area contributed by atoms with Crippen LogP contribution in [0.15, 0.2) is 78.2 Å². The van der Waals surface area contributed by atoms with Crippen LogP contribution in [0.1, 0.15) is 29.3 Å². The van der Waals surface area contributed by atoms with Gasteiger partial charge in [0, 0.05) is 22.5 Å². The number of carbonyl (C=O) groups excluding carboxylic acids is 2. The second-order valence-electron chi connectivity index (χ2n) is 8.20. The third-order valence-electron chi connectivity index (χ3n) is 5.49. The number of hydrogen-bond donors (Lipinski definition) is 1. The van der Waals surface area contributed by atoms with Gasteiger partial charge in [-0.05, 0) is 53.9 Å². The van der Waals surface area contributed by atoms with E-state index in [1.54, 1.807) is 77.6 Å². The summed E-state index contributed by atoms with van der Waals surface area (Å²) in [4.78, 5) is 28.7. The van der Waals surface area contributed by atoms with E-state index in [9.17, 15) is 22.8 Å². The second-order valence-corrected chi connectivity index (χ2v) is 8.64. The molecular weight excluding hydrogens is 537 g/mol. The van der Waals surface area contributed by atoms with E-state index in [1.807, 2.05) is 0 Å². The zero-order valence-corrected chi connectivity index (χ0v) is 20.4. The topological polar surface area (TPSA) is 101 Å². The van der Waals surface area contributed by atoms with Crippen LogP contribution in [0.5, 0.6) is 0 Å². The zero-order valence-electron chi connectivity index (χ0n) is 19.7. The number of rotatable bonds is 2. The zero-order chi connectivity index (χ0) is 27.6. The molecule has 1 aliphatic heterocycles. The number of aromatic nitrogens is 3. The van der Waals surface area contributed by atoms with Crippen molar-refractivity contribution in [1.29, 1.82) is 0 Å². The highest BCUT2D eigenvalue weighted by molar-refractivity contribution is 6.30. The fraction of sp³-hybridized carbons (Fsp3) is 0.115. The number of hydrogen-bond acceptors (Lipinski definition) is 6. The van der Waals surface area contributed by atoms with Crippen LogP contribution in [0.2, 0.25) is 5.02 Å². The molecule has 0 fully saturated rings. The molecular formula is C26H16ClF3N6O3. The van der Waals surface area contributed by atoms with Crippen LogP contribution in [-0.2, 0) is 9.53 Å². The number of nitrogens with one attached hydrogen (secondary N) is 1. The molecule has 0 saturated heterocycles. The molecule has 1 N–H and O–H groups in total. The van der Waals surface area contributed by atoms with Crippen LogP contribution in [0.3, 0.4) is 0 Å². The van der Waals surface area contributed by atoms with Crippen molar-refractivity contribution in [2.45, 2.75) is 18.6 Å². The van der Waals surface area contributed by atoms with Crippen molar-refractivity contribution in [3.05, 3.63) is 94.9 Å². The maximum absolute atomic E-state index is 13.2. The Morgan fingerprint density at radius 1 is 1.08 bits per heavy atom. The summed E-state index contributed by atoms with van der Waals surface area (Å²) in [5.41, 5.74) is 2.61. The second kappa shape index (κ2) is 10.5. The Hall–Kier alpha value is -4.89. The van der Waals surface area contributed by atoms with Gasteiger partial charge in [0.15, 0.2) is 5.65 Å². The molecule has 2 aromatic carbocycles. The number of alkyl halides is 3. The Balaban J connectivity index is 1.37. The minimum atomic E-state index is -5.22. The van der Waals surface area contributed by atoms with Crippen molar-refractivity contribution in [3.8, 4) is 11.8 Å². The third kappa shape index (κ3) is 5.83. The summed E-state index contributed by atoms with van der Waals surface area (Å²) in [7, 11) is 0. The molecule has 9 nitrogen and oxygen atoms in total. The van der Waals surface area contributed by atoms with Gasteiger partial charge in [0.05, 0.1) is 18.7 Å². The van der Waals surface area contributed by atoms with E-state index in [0.29, 0.717) is 33.2 Å². The third-order valence-corrected chi connectivity index (χ3v) is 5.73. The van der Waals surface area contributed by atoms with E-state index in [2.05, 4.69) is 37.1 Å². The van der Waals surface area contributed by atoms with E-state index >= 15 is 0 Å². The van der Waals surface area contributed by atoms with E-state index < -0.39 is 30.1 Å². The fourth-order valence-electron chi connectivity index (χ4n) is 3.78. The molecule has 3 heterocycles. The predicted molar refractivity (Wildman–Crippen MR) is 135 cm³/mol. The van der Waals surface area contributed by atoms with Gasteiger partial charge in [0.2, 0.25) is 5.90 Å². The van der Waals surface area contributed by atoms with Crippen molar-refractivity contribution >= 4 is 40.8 Å². The van der Waals surface area contributed by atoms with Gasteiger partial charge in [-0.3, -0.25) is 0 Å². The molecule has 13 heteroatoms. The van der Waals surface area contributed by atoms with E-state index in [0.717, 1.165) is 5.01 Å². The lowest BCUT2D eigenvalue weighted by Crippen LogP contribution is -2.31. The van der Waals surface area contributed by atoms with Crippen molar-refractivity contribution in [2.24, 2.45) is 5.10 Å². The molecule has 1 aliphatic rings. The first-order valence-corrected chi connectivity index (χ1v) is 11.7. The van der Waals surface area contributed by atoms with E-state index in [4.69, 9.17) is 11.6 Å². The summed E-state index contributed by atoms with van der Waals surface area (Å²) >= 11 is 6.06. The number of esters is 1. The molecule has 2 amide bonds. The Morgan fingerprint density at radius 2 is 1.90 bits per heavy atom. The first-order chi connectivity index (χ1) is 18.7. The summed E-state index contributed by atoms with van der Waals surface area (Å²) < 4.78 is 44.2. The number of hydrazone groups is 1. The van der Waals surface area contributed by atoms with Crippen LogP contribution in [0, 0.1) is 11.8 Å². The highest BCUT2D eigenvalue weighted by atomic mass is 35.5. The molecule has 1 atom stereocenters. The number of amides is 2. The Bertz CT molecular complexity index is 1670. The van der Waals surface area contributed by atoms with Gasteiger partial charge >= 0.3 is 18.2 Å². The standard InChI is InChI=1S/C26H16ClF3N6O3/c27-18-6-2-5-17(13-18)21-14-23(39-24(37)26(28,29)30)34-36(21)25(38)33-19-7-1-4-16(12-19)9-10-20-15-31-22-8-3-11-32-35(20)22/h1-8,11-13,15,21H,14H2,(H,33,38). The fourth-order valence-corrected chi connectivity index (χ4v) is 3.97. The molecule has 0 spiro atoms. The number of urea groups is 1. The number of fused-ring (bicyclic) bond motifs is 1. The lowest BCUT2D eigenvalue weighted by Gasteiger charge is -2.22. The van der Waals surface area contributed by atoms with Crippen LogP contribution in [-0.4, -0.2) is 43.7 Å². The summed E-state index contributed by atoms with van der Waals surface area (Å²) in [5, 5.41) is 12.0. The highest BCUT2D eigenvalue weighted by Gasteiger charge is 2.44. The number of halogens is 4. The molecule has 196 valence electrons. The van der Waals surface area contributed by atoms with Crippen LogP contribution < -0.4 is 5.32 Å². The SMILES string of the molecule is O=C(Nc1cccc(C#Cc2cnc3cccnn23)c1)N1N=C(OC(=O)C(F)(F)F)CC1c1cccc(Cl)c1. The van der Waals surface area contributed by atoms with E-state index in [1.165, 1.54) is 0 Å². The number of benzene rings is 2. The quantitative estimate of drug-likeness (QED) is 0.273. The summed E-state index contributed by atoms with van der Waals surface area (Å²) in [6.07, 6.45) is -2.28. The van der Waals surface area contributed by atoms with Gasteiger partial charge in [-0.25, -0.2) is 24.1 Å². The Morgan fingerprint density at radius 3 is 2.69 bits per heavy atom. The number of carbonyl (C=O) groups is 2. The van der Waals surface area contributed by atoms with Gasteiger partial charge < -0.3 is 10.1 Å². The van der Waals surface area contributed by atoms with E-state index in [-0.39, 0.29) is 6.42 Å².